The minimum absolute atomic E-state index is 0.0116. The van der Waals surface area contributed by atoms with Crippen molar-refractivity contribution in [2.75, 3.05) is 11.9 Å². The van der Waals surface area contributed by atoms with Gasteiger partial charge in [0.2, 0.25) is 11.8 Å². The monoisotopic (exact) mass is 363 g/mol. The van der Waals surface area contributed by atoms with Crippen molar-refractivity contribution in [3.8, 4) is 6.07 Å². The quantitative estimate of drug-likeness (QED) is 0.872. The zero-order valence-electron chi connectivity index (χ0n) is 15.2. The van der Waals surface area contributed by atoms with Crippen molar-refractivity contribution < 1.29 is 9.59 Å². The molecule has 7 nitrogen and oxygen atoms in total. The van der Waals surface area contributed by atoms with Gasteiger partial charge in [-0.15, -0.1) is 0 Å². The summed E-state index contributed by atoms with van der Waals surface area (Å²) in [5.74, 6) is 0.550. The molecule has 0 aromatic carbocycles. The lowest BCUT2D eigenvalue weighted by Crippen LogP contribution is -2.40. The van der Waals surface area contributed by atoms with Crippen LogP contribution >= 0.6 is 0 Å². The molecule has 138 valence electrons. The van der Waals surface area contributed by atoms with Gasteiger partial charge in [0.15, 0.2) is 0 Å². The molecule has 1 aliphatic heterocycles. The molecule has 4 rings (SSSR count). The number of H-pyrrole nitrogens is 1. The van der Waals surface area contributed by atoms with Crippen LogP contribution in [0.25, 0.3) is 16.6 Å². The maximum atomic E-state index is 12.1. The van der Waals surface area contributed by atoms with E-state index in [0.717, 1.165) is 35.0 Å². The summed E-state index contributed by atoms with van der Waals surface area (Å²) in [4.78, 5) is 33.6. The number of aromatic nitrogens is 2. The topological polar surface area (TPSA) is 102 Å². The number of rotatable bonds is 4. The third-order valence-electron chi connectivity index (χ3n) is 5.21. The lowest BCUT2D eigenvalue weighted by atomic mass is 9.93. The van der Waals surface area contributed by atoms with Crippen molar-refractivity contribution in [3.05, 3.63) is 30.0 Å². The van der Waals surface area contributed by atoms with E-state index in [2.05, 4.69) is 15.3 Å². The van der Waals surface area contributed by atoms with Gasteiger partial charge in [0.25, 0.3) is 0 Å². The average molecular weight is 363 g/mol. The van der Waals surface area contributed by atoms with E-state index in [1.54, 1.807) is 4.90 Å². The number of nitriles is 1. The number of amides is 2. The first-order valence-electron chi connectivity index (χ1n) is 9.21. The molecule has 2 aliphatic rings. The number of carbonyl (C=O) groups is 2. The second-order valence-electron chi connectivity index (χ2n) is 7.22. The summed E-state index contributed by atoms with van der Waals surface area (Å²) >= 11 is 0. The minimum Gasteiger partial charge on any atom is -0.346 e. The Morgan fingerprint density at radius 3 is 2.96 bits per heavy atom. The number of nitrogens with zero attached hydrogens (tertiary/aromatic N) is 3. The van der Waals surface area contributed by atoms with Crippen LogP contribution in [-0.2, 0) is 9.59 Å². The highest BCUT2D eigenvalue weighted by Gasteiger charge is 2.30. The summed E-state index contributed by atoms with van der Waals surface area (Å²) in [6, 6.07) is 5.83. The predicted molar refractivity (Wildman–Crippen MR) is 101 cm³/mol. The maximum absolute atomic E-state index is 12.1. The van der Waals surface area contributed by atoms with Gasteiger partial charge >= 0.3 is 0 Å². The molecule has 0 spiro atoms. The Bertz CT molecular complexity index is 980. The molecule has 2 aromatic rings. The number of nitrogens with one attached hydrogen (secondary N) is 2. The Labute approximate surface area is 157 Å². The Hall–Kier alpha value is -3.14. The fourth-order valence-electron chi connectivity index (χ4n) is 3.58. The second kappa shape index (κ2) is 6.88. The first-order valence-corrected chi connectivity index (χ1v) is 9.21. The number of hydrogen-bond donors (Lipinski definition) is 2. The van der Waals surface area contributed by atoms with Crippen LogP contribution in [0.4, 0.5) is 5.82 Å². The summed E-state index contributed by atoms with van der Waals surface area (Å²) in [6.07, 6.45) is 6.35. The summed E-state index contributed by atoms with van der Waals surface area (Å²) in [7, 11) is 0. The number of pyridine rings is 1. The van der Waals surface area contributed by atoms with Gasteiger partial charge in [0.1, 0.15) is 17.9 Å². The third kappa shape index (κ3) is 3.43. The van der Waals surface area contributed by atoms with E-state index in [1.165, 1.54) is 0 Å². The van der Waals surface area contributed by atoms with E-state index < -0.39 is 0 Å². The first kappa shape index (κ1) is 17.3. The van der Waals surface area contributed by atoms with Crippen LogP contribution in [0.3, 0.4) is 0 Å². The lowest BCUT2D eigenvalue weighted by molar-refractivity contribution is -0.131. The van der Waals surface area contributed by atoms with Crippen molar-refractivity contribution in [2.24, 2.45) is 5.92 Å². The molecule has 7 heteroatoms. The maximum Gasteiger partial charge on any atom is 0.237 e. The standard InChI is InChI=1S/C20H21N5O2/c1-12-10-14(6-9-25(12)18(26)4-7-21)16-11-17(24-20(27)13-2-3-13)23-19-15(16)5-8-22-19/h5-6,8,11-13H,2-4,9-10H2,1H3,(H2,22,23,24,27). The zero-order valence-corrected chi connectivity index (χ0v) is 15.2. The van der Waals surface area contributed by atoms with E-state index in [4.69, 9.17) is 5.26 Å². The van der Waals surface area contributed by atoms with Gasteiger partial charge in [-0.25, -0.2) is 4.98 Å². The van der Waals surface area contributed by atoms with Crippen molar-refractivity contribution >= 4 is 34.2 Å². The molecule has 1 unspecified atom stereocenters. The second-order valence-corrected chi connectivity index (χ2v) is 7.22. The molecular weight excluding hydrogens is 342 g/mol. The normalized spacial score (nSPS) is 19.5. The molecule has 0 bridgehead atoms. The van der Waals surface area contributed by atoms with Gasteiger partial charge < -0.3 is 15.2 Å². The summed E-state index contributed by atoms with van der Waals surface area (Å²) < 4.78 is 0. The molecule has 27 heavy (non-hydrogen) atoms. The van der Waals surface area contributed by atoms with Crippen LogP contribution in [0, 0.1) is 17.2 Å². The summed E-state index contributed by atoms with van der Waals surface area (Å²) in [5, 5.41) is 12.7. The van der Waals surface area contributed by atoms with Crippen molar-refractivity contribution in [2.45, 2.75) is 38.6 Å². The van der Waals surface area contributed by atoms with Gasteiger partial charge in [-0.2, -0.15) is 5.26 Å². The minimum atomic E-state index is -0.140. The Morgan fingerprint density at radius 1 is 1.44 bits per heavy atom. The van der Waals surface area contributed by atoms with Crippen molar-refractivity contribution in [1.82, 2.24) is 14.9 Å². The van der Waals surface area contributed by atoms with Crippen LogP contribution in [0.15, 0.2) is 24.4 Å². The fraction of sp³-hybridized carbons (Fsp3) is 0.400. The van der Waals surface area contributed by atoms with Crippen LogP contribution in [0.1, 0.15) is 38.2 Å². The number of anilines is 1. The van der Waals surface area contributed by atoms with Crippen LogP contribution in [-0.4, -0.2) is 39.3 Å². The van der Waals surface area contributed by atoms with E-state index in [-0.39, 0.29) is 30.2 Å². The van der Waals surface area contributed by atoms with Gasteiger partial charge in [-0.3, -0.25) is 9.59 Å². The van der Waals surface area contributed by atoms with E-state index in [1.807, 2.05) is 37.4 Å². The lowest BCUT2D eigenvalue weighted by Gasteiger charge is -2.33. The molecule has 1 aliphatic carbocycles. The van der Waals surface area contributed by atoms with E-state index in [0.29, 0.717) is 18.8 Å². The summed E-state index contributed by atoms with van der Waals surface area (Å²) in [6.45, 7) is 2.47. The smallest absolute Gasteiger partial charge is 0.237 e. The number of carbonyl (C=O) groups excluding carboxylic acids is 2. The molecule has 2 N–H and O–H groups in total. The molecule has 2 amide bonds. The summed E-state index contributed by atoms with van der Waals surface area (Å²) in [5.41, 5.74) is 2.87. The van der Waals surface area contributed by atoms with Gasteiger partial charge in [-0.1, -0.05) is 6.08 Å². The third-order valence-corrected chi connectivity index (χ3v) is 5.21. The fourth-order valence-corrected chi connectivity index (χ4v) is 3.58. The van der Waals surface area contributed by atoms with Crippen molar-refractivity contribution in [3.63, 3.8) is 0 Å². The highest BCUT2D eigenvalue weighted by molar-refractivity contribution is 5.97. The van der Waals surface area contributed by atoms with Crippen LogP contribution in [0.5, 0.6) is 0 Å². The highest BCUT2D eigenvalue weighted by Crippen LogP contribution is 2.34. The van der Waals surface area contributed by atoms with Gasteiger partial charge in [0, 0.05) is 30.1 Å². The van der Waals surface area contributed by atoms with Gasteiger partial charge in [-0.05, 0) is 49.5 Å². The zero-order chi connectivity index (χ0) is 19.0. The van der Waals surface area contributed by atoms with E-state index >= 15 is 0 Å². The van der Waals surface area contributed by atoms with Crippen LogP contribution in [0.2, 0.25) is 0 Å². The predicted octanol–water partition coefficient (Wildman–Crippen LogP) is 2.83. The molecule has 1 saturated carbocycles. The van der Waals surface area contributed by atoms with Crippen molar-refractivity contribution in [1.29, 1.82) is 5.26 Å². The van der Waals surface area contributed by atoms with Crippen LogP contribution < -0.4 is 5.32 Å². The average Bonchev–Trinajstić information content (AvgIpc) is 3.39. The Kier molecular flexibility index (Phi) is 4.40. The molecule has 2 aromatic heterocycles. The first-order chi connectivity index (χ1) is 13.1. The van der Waals surface area contributed by atoms with E-state index in [9.17, 15) is 9.59 Å². The number of hydrogen-bond acceptors (Lipinski definition) is 4. The number of fused-ring (bicyclic) bond motifs is 1. The van der Waals surface area contributed by atoms with Gasteiger partial charge in [0.05, 0.1) is 6.07 Å². The largest absolute Gasteiger partial charge is 0.346 e. The molecular formula is C20H21N5O2. The molecule has 3 heterocycles. The molecule has 1 atom stereocenters. The molecule has 0 radical (unpaired) electrons. The molecule has 0 saturated heterocycles. The Balaban J connectivity index is 1.64. The number of aromatic amines is 1. The SMILES string of the molecule is CC1CC(c2cc(NC(=O)C3CC3)nc3[nH]ccc23)=CCN1C(=O)CC#N. The highest BCUT2D eigenvalue weighted by atomic mass is 16.2. The Morgan fingerprint density at radius 2 is 2.26 bits per heavy atom. The molecule has 1 fully saturated rings.